The molecule has 1 N–H and O–H groups in total. The molecule has 0 aliphatic carbocycles. The third-order valence-electron chi connectivity index (χ3n) is 4.75. The molecule has 1 fully saturated rings. The number of nitrogens with one attached hydrogen (secondary N) is 1. The van der Waals surface area contributed by atoms with Gasteiger partial charge in [0.1, 0.15) is 0 Å². The summed E-state index contributed by atoms with van der Waals surface area (Å²) in [5.74, 6) is 0. The predicted octanol–water partition coefficient (Wildman–Crippen LogP) is 5.45. The van der Waals surface area contributed by atoms with Crippen molar-refractivity contribution in [1.29, 1.82) is 0 Å². The van der Waals surface area contributed by atoms with Crippen LogP contribution in [-0.2, 0) is 0 Å². The van der Waals surface area contributed by atoms with Gasteiger partial charge >= 0.3 is 6.03 Å². The average molecular weight is 322 g/mol. The molecule has 3 heteroatoms. The summed E-state index contributed by atoms with van der Waals surface area (Å²) in [7, 11) is 0. The van der Waals surface area contributed by atoms with Gasteiger partial charge in [-0.2, -0.15) is 0 Å². The van der Waals surface area contributed by atoms with Crippen LogP contribution in [-0.4, -0.2) is 17.5 Å². The number of benzene rings is 2. The van der Waals surface area contributed by atoms with Gasteiger partial charge in [0.25, 0.3) is 0 Å². The van der Waals surface area contributed by atoms with Crippen LogP contribution in [0.2, 0.25) is 0 Å². The van der Waals surface area contributed by atoms with Crippen LogP contribution in [0.3, 0.4) is 0 Å². The molecular formula is C21H26N2O. The van der Waals surface area contributed by atoms with E-state index in [2.05, 4.69) is 36.5 Å². The Morgan fingerprint density at radius 1 is 1.00 bits per heavy atom. The largest absolute Gasteiger partial charge is 0.322 e. The second-order valence-electron chi connectivity index (χ2n) is 6.77. The van der Waals surface area contributed by atoms with E-state index >= 15 is 0 Å². The molecule has 1 saturated heterocycles. The van der Waals surface area contributed by atoms with E-state index in [0.717, 1.165) is 30.6 Å². The van der Waals surface area contributed by atoms with Crippen molar-refractivity contribution >= 4 is 11.7 Å². The molecule has 1 heterocycles. The van der Waals surface area contributed by atoms with Crippen molar-refractivity contribution in [2.24, 2.45) is 0 Å². The first-order valence-electron chi connectivity index (χ1n) is 8.84. The smallest absolute Gasteiger partial charge is 0.317 e. The number of hydrogen-bond acceptors (Lipinski definition) is 1. The Balaban J connectivity index is 1.81. The predicted molar refractivity (Wildman–Crippen MR) is 99.3 cm³/mol. The van der Waals surface area contributed by atoms with Gasteiger partial charge in [-0.3, -0.25) is 0 Å². The lowest BCUT2D eigenvalue weighted by Crippen LogP contribution is -2.38. The molecule has 0 saturated carbocycles. The zero-order valence-corrected chi connectivity index (χ0v) is 14.6. The Morgan fingerprint density at radius 2 is 1.79 bits per heavy atom. The zero-order chi connectivity index (χ0) is 16.9. The van der Waals surface area contributed by atoms with Gasteiger partial charge in [0, 0.05) is 12.2 Å². The maximum atomic E-state index is 12.9. The van der Waals surface area contributed by atoms with Gasteiger partial charge in [-0.1, -0.05) is 54.8 Å². The molecule has 1 unspecified atom stereocenters. The SMILES string of the molecule is Cc1ccc(C2CCCCCN2C(=O)Nc2cccc(C)c2)cc1. The van der Waals surface area contributed by atoms with Crippen molar-refractivity contribution in [1.82, 2.24) is 4.90 Å². The molecule has 0 radical (unpaired) electrons. The topological polar surface area (TPSA) is 32.3 Å². The highest BCUT2D eigenvalue weighted by molar-refractivity contribution is 5.89. The molecule has 1 aliphatic rings. The van der Waals surface area contributed by atoms with E-state index < -0.39 is 0 Å². The van der Waals surface area contributed by atoms with Crippen LogP contribution >= 0.6 is 0 Å². The van der Waals surface area contributed by atoms with Gasteiger partial charge in [0.2, 0.25) is 0 Å². The van der Waals surface area contributed by atoms with Crippen LogP contribution in [0.1, 0.15) is 48.4 Å². The highest BCUT2D eigenvalue weighted by Gasteiger charge is 2.26. The number of carbonyl (C=O) groups excluding carboxylic acids is 1. The summed E-state index contributed by atoms with van der Waals surface area (Å²) in [5, 5.41) is 3.08. The number of rotatable bonds is 2. The van der Waals surface area contributed by atoms with Crippen LogP contribution in [0.25, 0.3) is 0 Å². The third-order valence-corrected chi connectivity index (χ3v) is 4.75. The monoisotopic (exact) mass is 322 g/mol. The Kier molecular flexibility index (Phi) is 5.19. The van der Waals surface area contributed by atoms with Gasteiger partial charge in [-0.25, -0.2) is 4.79 Å². The van der Waals surface area contributed by atoms with E-state index in [4.69, 9.17) is 0 Å². The quantitative estimate of drug-likeness (QED) is 0.783. The lowest BCUT2D eigenvalue weighted by Gasteiger charge is -2.30. The number of hydrogen-bond donors (Lipinski definition) is 1. The number of anilines is 1. The summed E-state index contributed by atoms with van der Waals surface area (Å²) in [6.45, 7) is 4.95. The number of urea groups is 1. The highest BCUT2D eigenvalue weighted by atomic mass is 16.2. The standard InChI is InChI=1S/C21H26N2O/c1-16-10-12-18(13-11-16)20-9-4-3-5-14-23(20)21(24)22-19-8-6-7-17(2)15-19/h6-8,10-13,15,20H,3-5,9,14H2,1-2H3,(H,22,24). The first-order valence-corrected chi connectivity index (χ1v) is 8.84. The van der Waals surface area contributed by atoms with Gasteiger partial charge in [0.05, 0.1) is 6.04 Å². The summed E-state index contributed by atoms with van der Waals surface area (Å²) >= 11 is 0. The summed E-state index contributed by atoms with van der Waals surface area (Å²) in [6.07, 6.45) is 4.47. The minimum Gasteiger partial charge on any atom is -0.317 e. The summed E-state index contributed by atoms with van der Waals surface area (Å²) in [5.41, 5.74) is 4.51. The maximum absolute atomic E-state index is 12.9. The molecule has 1 atom stereocenters. The van der Waals surface area contributed by atoms with Crippen molar-refractivity contribution in [3.8, 4) is 0 Å². The maximum Gasteiger partial charge on any atom is 0.322 e. The van der Waals surface area contributed by atoms with Gasteiger partial charge < -0.3 is 10.2 Å². The van der Waals surface area contributed by atoms with Crippen molar-refractivity contribution < 1.29 is 4.79 Å². The van der Waals surface area contributed by atoms with Crippen molar-refractivity contribution in [2.45, 2.75) is 45.6 Å². The molecule has 126 valence electrons. The average Bonchev–Trinajstić information content (AvgIpc) is 2.81. The van der Waals surface area contributed by atoms with Crippen molar-refractivity contribution in [3.05, 3.63) is 65.2 Å². The molecule has 2 aromatic rings. The number of nitrogens with zero attached hydrogens (tertiary/aromatic N) is 1. The van der Waals surface area contributed by atoms with Crippen molar-refractivity contribution in [3.63, 3.8) is 0 Å². The second-order valence-corrected chi connectivity index (χ2v) is 6.77. The first kappa shape index (κ1) is 16.6. The Labute approximate surface area is 144 Å². The minimum absolute atomic E-state index is 0.00748. The van der Waals surface area contributed by atoms with Crippen LogP contribution in [0.15, 0.2) is 48.5 Å². The fraction of sp³-hybridized carbons (Fsp3) is 0.381. The van der Waals surface area contributed by atoms with E-state index in [0.29, 0.717) is 0 Å². The number of aryl methyl sites for hydroxylation is 2. The molecule has 0 bridgehead atoms. The van der Waals surface area contributed by atoms with E-state index in [-0.39, 0.29) is 12.1 Å². The molecule has 24 heavy (non-hydrogen) atoms. The second kappa shape index (κ2) is 7.52. The van der Waals surface area contributed by atoms with E-state index in [1.54, 1.807) is 0 Å². The van der Waals surface area contributed by atoms with Crippen LogP contribution in [0, 0.1) is 13.8 Å². The molecule has 1 aliphatic heterocycles. The van der Waals surface area contributed by atoms with Crippen LogP contribution in [0.5, 0.6) is 0 Å². The Morgan fingerprint density at radius 3 is 2.54 bits per heavy atom. The third kappa shape index (κ3) is 3.97. The van der Waals surface area contributed by atoms with Crippen molar-refractivity contribution in [2.75, 3.05) is 11.9 Å². The molecule has 0 aromatic heterocycles. The van der Waals surface area contributed by atoms with E-state index in [1.165, 1.54) is 24.0 Å². The fourth-order valence-electron chi connectivity index (χ4n) is 3.40. The zero-order valence-electron chi connectivity index (χ0n) is 14.6. The number of carbonyl (C=O) groups is 1. The van der Waals surface area contributed by atoms with Gasteiger partial charge in [-0.15, -0.1) is 0 Å². The molecule has 3 nitrogen and oxygen atoms in total. The normalized spacial score (nSPS) is 18.1. The number of amides is 2. The van der Waals surface area contributed by atoms with Gasteiger partial charge in [-0.05, 0) is 49.9 Å². The molecule has 3 rings (SSSR count). The Hall–Kier alpha value is -2.29. The minimum atomic E-state index is 0.00748. The van der Waals surface area contributed by atoms with Gasteiger partial charge in [0.15, 0.2) is 0 Å². The lowest BCUT2D eigenvalue weighted by molar-refractivity contribution is 0.189. The van der Waals surface area contributed by atoms with Crippen LogP contribution < -0.4 is 5.32 Å². The first-order chi connectivity index (χ1) is 11.6. The lowest BCUT2D eigenvalue weighted by atomic mass is 10.00. The molecular weight excluding hydrogens is 296 g/mol. The molecule has 0 spiro atoms. The molecule has 2 amide bonds. The fourth-order valence-corrected chi connectivity index (χ4v) is 3.40. The summed E-state index contributed by atoms with van der Waals surface area (Å²) < 4.78 is 0. The van der Waals surface area contributed by atoms with E-state index in [1.807, 2.05) is 36.1 Å². The van der Waals surface area contributed by atoms with E-state index in [9.17, 15) is 4.79 Å². The highest BCUT2D eigenvalue weighted by Crippen LogP contribution is 2.31. The Bertz CT molecular complexity index is 693. The molecule has 2 aromatic carbocycles. The van der Waals surface area contributed by atoms with Crippen LogP contribution in [0.4, 0.5) is 10.5 Å². The number of likely N-dealkylation sites (tertiary alicyclic amines) is 1. The summed E-state index contributed by atoms with van der Waals surface area (Å²) in [4.78, 5) is 14.9. The summed E-state index contributed by atoms with van der Waals surface area (Å²) in [6, 6.07) is 16.7.